The predicted molar refractivity (Wildman–Crippen MR) is 52.8 cm³/mol. The van der Waals surface area contributed by atoms with E-state index >= 15 is 0 Å². The van der Waals surface area contributed by atoms with E-state index in [0.717, 1.165) is 12.8 Å². The fourth-order valence-corrected chi connectivity index (χ4v) is 0.632. The number of carbonyl (C=O) groups is 1. The molecule has 0 amide bonds. The summed E-state index contributed by atoms with van der Waals surface area (Å²) in [4.78, 5) is 10.1. The fourth-order valence-electron chi connectivity index (χ4n) is 0.632. The first kappa shape index (κ1) is 20.1. The Morgan fingerprint density at radius 3 is 2.17 bits per heavy atom. The van der Waals surface area contributed by atoms with Crippen molar-refractivity contribution in [3.8, 4) is 0 Å². The van der Waals surface area contributed by atoms with Gasteiger partial charge in [-0.1, -0.05) is 6.42 Å². The van der Waals surface area contributed by atoms with Gasteiger partial charge in [-0.05, 0) is 19.4 Å². The first-order chi connectivity index (χ1) is 4.68. The number of carboxylic acid groups (broad SMARTS) is 1. The van der Waals surface area contributed by atoms with Crippen LogP contribution < -0.4 is 11.5 Å². The molecule has 0 radical (unpaired) electrons. The van der Waals surface area contributed by atoms with Crippen LogP contribution in [0.25, 0.3) is 0 Å². The summed E-state index contributed by atoms with van der Waals surface area (Å²) in [5, 5.41) is 8.33. The molecule has 0 spiro atoms. The molecule has 5 N–H and O–H groups in total. The van der Waals surface area contributed by atoms with Crippen LogP contribution in [0.5, 0.6) is 0 Å². The van der Waals surface area contributed by atoms with E-state index in [0.29, 0.717) is 13.0 Å². The number of unbranched alkanes of at least 4 members (excludes halogenated alkanes) is 1. The van der Waals surface area contributed by atoms with Crippen molar-refractivity contribution < 1.29 is 9.90 Å². The van der Waals surface area contributed by atoms with Crippen LogP contribution in [0.3, 0.4) is 0 Å². The topological polar surface area (TPSA) is 89.3 Å². The third kappa shape index (κ3) is 12.7. The van der Waals surface area contributed by atoms with Crippen molar-refractivity contribution in [1.82, 2.24) is 0 Å². The molecule has 0 aromatic heterocycles. The van der Waals surface area contributed by atoms with Crippen molar-refractivity contribution in [2.24, 2.45) is 11.5 Å². The number of hydrogen-bond donors (Lipinski definition) is 3. The second kappa shape index (κ2) is 13.7. The molecule has 1 atom stereocenters. The van der Waals surface area contributed by atoms with E-state index < -0.39 is 12.0 Å². The molecule has 0 bridgehead atoms. The number of carboxylic acids is 1. The van der Waals surface area contributed by atoms with Crippen LogP contribution in [0.4, 0.5) is 0 Å². The maximum atomic E-state index is 10.1. The molecule has 64 valence electrons. The second-order valence-corrected chi connectivity index (χ2v) is 2.23. The van der Waals surface area contributed by atoms with Gasteiger partial charge in [0, 0.05) is 0 Å². The molecule has 0 aromatic rings. The van der Waals surface area contributed by atoms with Crippen LogP contribution in [-0.2, 0) is 4.79 Å². The van der Waals surface area contributed by atoms with E-state index in [4.69, 9.17) is 16.6 Å². The quantitative estimate of drug-likeness (QED) is 0.382. The molecule has 4 nitrogen and oxygen atoms in total. The molecule has 0 heterocycles. The standard InChI is InChI=1S/C6H14N2O2.2K.2H/c7-4-2-1-3-5(8)6(9)10;;;;/h5H,1-4,7-8H2,(H,9,10);;;;/t5-;;;;/m0..../s1. The van der Waals surface area contributed by atoms with Crippen molar-refractivity contribution in [3.05, 3.63) is 0 Å². The number of nitrogens with two attached hydrogens (primary N) is 2. The van der Waals surface area contributed by atoms with Gasteiger partial charge in [0.25, 0.3) is 0 Å². The number of aliphatic carboxylic acids is 1. The first-order valence-electron chi connectivity index (χ1n) is 3.37. The van der Waals surface area contributed by atoms with Gasteiger partial charge >= 0.3 is 109 Å². The third-order valence-electron chi connectivity index (χ3n) is 1.29. The van der Waals surface area contributed by atoms with E-state index in [-0.39, 0.29) is 103 Å². The molecule has 0 saturated carbocycles. The monoisotopic (exact) mass is 226 g/mol. The normalized spacial score (nSPS) is 10.8. The Kier molecular flexibility index (Phi) is 22.9. The summed E-state index contributed by atoms with van der Waals surface area (Å²) in [6, 6.07) is -0.716. The van der Waals surface area contributed by atoms with Crippen LogP contribution >= 0.6 is 0 Å². The molecule has 0 aliphatic heterocycles. The Balaban J connectivity index is -0.000000405. The average Bonchev–Trinajstić information content (AvgIpc) is 1.88. The van der Waals surface area contributed by atoms with Gasteiger partial charge in [-0.3, -0.25) is 4.79 Å². The zero-order valence-electron chi connectivity index (χ0n) is 5.92. The van der Waals surface area contributed by atoms with E-state index in [2.05, 4.69) is 0 Å². The molecule has 0 aromatic carbocycles. The van der Waals surface area contributed by atoms with Gasteiger partial charge in [0.1, 0.15) is 6.04 Å². The first-order valence-corrected chi connectivity index (χ1v) is 3.37. The van der Waals surface area contributed by atoms with Gasteiger partial charge < -0.3 is 16.6 Å². The minimum absolute atomic E-state index is 0. The van der Waals surface area contributed by atoms with Crippen molar-refractivity contribution in [1.29, 1.82) is 0 Å². The zero-order valence-corrected chi connectivity index (χ0v) is 5.92. The van der Waals surface area contributed by atoms with Gasteiger partial charge in [0.05, 0.1) is 0 Å². The van der Waals surface area contributed by atoms with Gasteiger partial charge in [0.2, 0.25) is 0 Å². The summed E-state index contributed by atoms with van der Waals surface area (Å²) in [7, 11) is 0. The van der Waals surface area contributed by atoms with Crippen LogP contribution in [0.2, 0.25) is 0 Å². The Labute approximate surface area is 158 Å². The fraction of sp³-hybridized carbons (Fsp3) is 0.833. The summed E-state index contributed by atoms with van der Waals surface area (Å²) >= 11 is 0. The summed E-state index contributed by atoms with van der Waals surface area (Å²) < 4.78 is 0. The maximum absolute atomic E-state index is 10.1. The van der Waals surface area contributed by atoms with E-state index in [1.165, 1.54) is 0 Å². The molecule has 0 fully saturated rings. The molecule has 0 unspecified atom stereocenters. The van der Waals surface area contributed by atoms with Gasteiger partial charge in [-0.15, -0.1) is 0 Å². The van der Waals surface area contributed by atoms with E-state index in [1.54, 1.807) is 0 Å². The second-order valence-electron chi connectivity index (χ2n) is 2.23. The summed E-state index contributed by atoms with van der Waals surface area (Å²) in [6.07, 6.45) is 2.16. The van der Waals surface area contributed by atoms with Crippen LogP contribution in [-0.4, -0.2) is 126 Å². The number of rotatable bonds is 5. The molecular formula is C6H16K2N2O2. The summed E-state index contributed by atoms with van der Waals surface area (Å²) in [5.74, 6) is -0.933. The summed E-state index contributed by atoms with van der Waals surface area (Å²) in [5.41, 5.74) is 10.4. The Hall–Kier alpha value is 2.66. The van der Waals surface area contributed by atoms with Crippen LogP contribution in [0.15, 0.2) is 0 Å². The molecule has 0 aliphatic carbocycles. The molecular weight excluding hydrogens is 210 g/mol. The van der Waals surface area contributed by atoms with E-state index in [1.807, 2.05) is 0 Å². The Morgan fingerprint density at radius 1 is 1.33 bits per heavy atom. The SMILES string of the molecule is NCCCC[C@H](N)C(=O)O.[KH].[KH]. The zero-order chi connectivity index (χ0) is 7.98. The van der Waals surface area contributed by atoms with Gasteiger partial charge in [-0.25, -0.2) is 0 Å². The molecule has 0 rings (SSSR count). The Bertz CT molecular complexity index is 114. The molecule has 0 aliphatic rings. The summed E-state index contributed by atoms with van der Waals surface area (Å²) in [6.45, 7) is 0.604. The number of hydrogen-bond acceptors (Lipinski definition) is 3. The van der Waals surface area contributed by atoms with Crippen LogP contribution in [0, 0.1) is 0 Å². The minimum atomic E-state index is -0.933. The molecule has 12 heavy (non-hydrogen) atoms. The van der Waals surface area contributed by atoms with Crippen molar-refractivity contribution in [2.75, 3.05) is 6.54 Å². The van der Waals surface area contributed by atoms with Gasteiger partial charge in [0.15, 0.2) is 0 Å². The molecule has 6 heteroatoms. The van der Waals surface area contributed by atoms with E-state index in [9.17, 15) is 4.79 Å². The average molecular weight is 226 g/mol. The molecule has 0 saturated heterocycles. The van der Waals surface area contributed by atoms with Crippen molar-refractivity contribution >= 4 is 109 Å². The third-order valence-corrected chi connectivity index (χ3v) is 1.29. The van der Waals surface area contributed by atoms with Crippen molar-refractivity contribution in [3.63, 3.8) is 0 Å². The van der Waals surface area contributed by atoms with Crippen molar-refractivity contribution in [2.45, 2.75) is 25.3 Å². The predicted octanol–water partition coefficient (Wildman–Crippen LogP) is -1.77. The van der Waals surface area contributed by atoms with Crippen LogP contribution in [0.1, 0.15) is 19.3 Å². The van der Waals surface area contributed by atoms with Gasteiger partial charge in [-0.2, -0.15) is 0 Å². The Morgan fingerprint density at radius 2 is 1.83 bits per heavy atom.